The summed E-state index contributed by atoms with van der Waals surface area (Å²) in [6.45, 7) is 1.63. The Morgan fingerprint density at radius 3 is 2.73 bits per heavy atom. The summed E-state index contributed by atoms with van der Waals surface area (Å²) in [7, 11) is 0. The molecule has 0 heterocycles. The highest BCUT2D eigenvalue weighted by molar-refractivity contribution is 6.01. The molecule has 1 aromatic carbocycles. The molecule has 0 aliphatic carbocycles. The zero-order chi connectivity index (χ0) is 11.4. The molecule has 0 radical (unpaired) electrons. The summed E-state index contributed by atoms with van der Waals surface area (Å²) in [4.78, 5) is 11.1. The van der Waals surface area contributed by atoms with Gasteiger partial charge in [0.05, 0.1) is 5.69 Å². The summed E-state index contributed by atoms with van der Waals surface area (Å²) in [5.74, 6) is -2.78. The fourth-order valence-corrected chi connectivity index (χ4v) is 1.01. The van der Waals surface area contributed by atoms with Gasteiger partial charge in [0.15, 0.2) is 11.6 Å². The Morgan fingerprint density at radius 1 is 1.47 bits per heavy atom. The van der Waals surface area contributed by atoms with Gasteiger partial charge in [0.2, 0.25) is 5.91 Å². The monoisotopic (exact) mass is 212 g/mol. The van der Waals surface area contributed by atoms with Gasteiger partial charge in [-0.05, 0) is 25.1 Å². The Kier molecular flexibility index (Phi) is 3.38. The first-order valence-corrected chi connectivity index (χ1v) is 4.23. The molecule has 1 amide bonds. The van der Waals surface area contributed by atoms with E-state index >= 15 is 0 Å². The summed E-state index contributed by atoms with van der Waals surface area (Å²) >= 11 is 0. The van der Waals surface area contributed by atoms with Crippen molar-refractivity contribution < 1.29 is 13.6 Å². The van der Waals surface area contributed by atoms with Crippen molar-refractivity contribution in [3.8, 4) is 0 Å². The van der Waals surface area contributed by atoms with Gasteiger partial charge in [-0.1, -0.05) is 6.08 Å². The third-order valence-corrected chi connectivity index (χ3v) is 1.69. The van der Waals surface area contributed by atoms with Gasteiger partial charge in [-0.3, -0.25) is 4.79 Å². The summed E-state index contributed by atoms with van der Waals surface area (Å²) in [5, 5.41) is 2.15. The van der Waals surface area contributed by atoms with Crippen LogP contribution in [-0.2, 0) is 4.79 Å². The normalized spacial score (nSPS) is 10.6. The Balaban J connectivity index is 3.03. The van der Waals surface area contributed by atoms with Gasteiger partial charge in [0.1, 0.15) is 5.69 Å². The van der Waals surface area contributed by atoms with E-state index in [1.807, 2.05) is 0 Å². The van der Waals surface area contributed by atoms with E-state index < -0.39 is 17.5 Å². The van der Waals surface area contributed by atoms with Gasteiger partial charge in [-0.15, -0.1) is 0 Å². The average Bonchev–Trinajstić information content (AvgIpc) is 2.19. The van der Waals surface area contributed by atoms with Gasteiger partial charge in [-0.2, -0.15) is 0 Å². The zero-order valence-electron chi connectivity index (χ0n) is 8.05. The number of hydrogen-bond acceptors (Lipinski definition) is 2. The van der Waals surface area contributed by atoms with Crippen molar-refractivity contribution in [2.24, 2.45) is 0 Å². The highest BCUT2D eigenvalue weighted by Gasteiger charge is 2.12. The highest BCUT2D eigenvalue weighted by Crippen LogP contribution is 2.24. The lowest BCUT2D eigenvalue weighted by molar-refractivity contribution is -0.111. The summed E-state index contributed by atoms with van der Waals surface area (Å²) < 4.78 is 26.0. The highest BCUT2D eigenvalue weighted by atomic mass is 19.2. The van der Waals surface area contributed by atoms with Crippen LogP contribution < -0.4 is 11.1 Å². The standard InChI is InChI=1S/C10H10F2N2O/c1-2-3-8(15)14-10-7(13)5-4-6(11)9(10)12/h2-5H,13H2,1H3,(H,14,15)/b3-2+. The lowest BCUT2D eigenvalue weighted by Crippen LogP contribution is -2.12. The van der Waals surface area contributed by atoms with Gasteiger partial charge >= 0.3 is 0 Å². The molecule has 0 aromatic heterocycles. The van der Waals surface area contributed by atoms with Gasteiger partial charge in [0.25, 0.3) is 0 Å². The second kappa shape index (κ2) is 4.54. The van der Waals surface area contributed by atoms with Crippen molar-refractivity contribution in [1.29, 1.82) is 0 Å². The smallest absolute Gasteiger partial charge is 0.248 e. The number of halogens is 2. The number of nitrogen functional groups attached to an aromatic ring is 1. The van der Waals surface area contributed by atoms with Crippen LogP contribution in [0.1, 0.15) is 6.92 Å². The molecule has 80 valence electrons. The fraction of sp³-hybridized carbons (Fsp3) is 0.100. The predicted molar refractivity (Wildman–Crippen MR) is 54.2 cm³/mol. The van der Waals surface area contributed by atoms with Crippen LogP contribution in [0.4, 0.5) is 20.2 Å². The van der Waals surface area contributed by atoms with Crippen LogP contribution in [-0.4, -0.2) is 5.91 Å². The molecule has 0 saturated heterocycles. The Labute approximate surface area is 85.6 Å². The van der Waals surface area contributed by atoms with E-state index in [0.717, 1.165) is 6.07 Å². The number of hydrogen-bond donors (Lipinski definition) is 2. The first kappa shape index (κ1) is 11.2. The number of nitrogens with one attached hydrogen (secondary N) is 1. The number of benzene rings is 1. The first-order valence-electron chi connectivity index (χ1n) is 4.23. The number of carbonyl (C=O) groups excluding carboxylic acids is 1. The van der Waals surface area contributed by atoms with E-state index in [1.165, 1.54) is 18.2 Å². The number of nitrogens with two attached hydrogens (primary N) is 1. The molecule has 0 saturated carbocycles. The molecule has 0 aliphatic rings. The second-order valence-electron chi connectivity index (χ2n) is 2.81. The van der Waals surface area contributed by atoms with Crippen molar-refractivity contribution in [2.75, 3.05) is 11.1 Å². The zero-order valence-corrected chi connectivity index (χ0v) is 8.05. The molecule has 0 unspecified atom stereocenters. The summed E-state index contributed by atoms with van der Waals surface area (Å²) in [6, 6.07) is 2.08. The maximum Gasteiger partial charge on any atom is 0.248 e. The van der Waals surface area contributed by atoms with Crippen LogP contribution in [0.5, 0.6) is 0 Å². The Morgan fingerprint density at radius 2 is 2.13 bits per heavy atom. The van der Waals surface area contributed by atoms with Crippen LogP contribution in [0, 0.1) is 11.6 Å². The van der Waals surface area contributed by atoms with E-state index in [1.54, 1.807) is 6.92 Å². The van der Waals surface area contributed by atoms with Crippen LogP contribution in [0.25, 0.3) is 0 Å². The second-order valence-corrected chi connectivity index (χ2v) is 2.81. The minimum Gasteiger partial charge on any atom is -0.397 e. The van der Waals surface area contributed by atoms with Gasteiger partial charge < -0.3 is 11.1 Å². The topological polar surface area (TPSA) is 55.1 Å². The largest absolute Gasteiger partial charge is 0.397 e. The molecule has 0 aliphatic heterocycles. The molecule has 3 N–H and O–H groups in total. The van der Waals surface area contributed by atoms with Crippen LogP contribution >= 0.6 is 0 Å². The molecule has 0 spiro atoms. The van der Waals surface area contributed by atoms with E-state index in [-0.39, 0.29) is 11.4 Å². The van der Waals surface area contributed by atoms with Crippen LogP contribution in [0.15, 0.2) is 24.3 Å². The summed E-state index contributed by atoms with van der Waals surface area (Å²) in [6.07, 6.45) is 2.66. The molecule has 0 bridgehead atoms. The number of carbonyl (C=O) groups is 1. The first-order chi connectivity index (χ1) is 7.06. The third-order valence-electron chi connectivity index (χ3n) is 1.69. The minimum absolute atomic E-state index is 0.0215. The lowest BCUT2D eigenvalue weighted by Gasteiger charge is -2.07. The molecule has 0 fully saturated rings. The minimum atomic E-state index is -1.16. The Bertz CT molecular complexity index is 416. The number of rotatable bonds is 2. The molecule has 1 aromatic rings. The number of amides is 1. The molecule has 3 nitrogen and oxygen atoms in total. The fourth-order valence-electron chi connectivity index (χ4n) is 1.01. The SMILES string of the molecule is C/C=C/C(=O)Nc1c(N)ccc(F)c1F. The van der Waals surface area contributed by atoms with E-state index in [4.69, 9.17) is 5.73 Å². The van der Waals surface area contributed by atoms with Gasteiger partial charge in [-0.25, -0.2) is 8.78 Å². The molecule has 1 rings (SSSR count). The van der Waals surface area contributed by atoms with Crippen molar-refractivity contribution in [1.82, 2.24) is 0 Å². The quantitative estimate of drug-likeness (QED) is 0.582. The predicted octanol–water partition coefficient (Wildman–Crippen LogP) is 2.06. The number of anilines is 2. The van der Waals surface area contributed by atoms with Crippen molar-refractivity contribution in [3.05, 3.63) is 35.9 Å². The molecular formula is C10H10F2N2O. The lowest BCUT2D eigenvalue weighted by atomic mass is 10.2. The van der Waals surface area contributed by atoms with E-state index in [2.05, 4.69) is 5.32 Å². The van der Waals surface area contributed by atoms with Gasteiger partial charge in [0, 0.05) is 0 Å². The molecule has 0 atom stereocenters. The summed E-state index contributed by atoms with van der Waals surface area (Å²) in [5.41, 5.74) is 5.03. The molecule has 15 heavy (non-hydrogen) atoms. The third kappa shape index (κ3) is 2.52. The maximum absolute atomic E-state index is 13.2. The Hall–Kier alpha value is -1.91. The van der Waals surface area contributed by atoms with Crippen molar-refractivity contribution in [3.63, 3.8) is 0 Å². The average molecular weight is 212 g/mol. The molecule has 5 heteroatoms. The van der Waals surface area contributed by atoms with Crippen LogP contribution in [0.2, 0.25) is 0 Å². The number of allylic oxidation sites excluding steroid dienone is 1. The van der Waals surface area contributed by atoms with E-state index in [9.17, 15) is 13.6 Å². The van der Waals surface area contributed by atoms with Crippen molar-refractivity contribution >= 4 is 17.3 Å². The van der Waals surface area contributed by atoms with Crippen LogP contribution in [0.3, 0.4) is 0 Å². The van der Waals surface area contributed by atoms with E-state index in [0.29, 0.717) is 0 Å². The molecular weight excluding hydrogens is 202 g/mol. The van der Waals surface area contributed by atoms with Crippen molar-refractivity contribution in [2.45, 2.75) is 6.92 Å². The maximum atomic E-state index is 13.2.